The molecular weight excluding hydrogens is 430 g/mol. The van der Waals surface area contributed by atoms with Gasteiger partial charge in [-0.25, -0.2) is 4.79 Å². The molecule has 2 bridgehead atoms. The van der Waals surface area contributed by atoms with Gasteiger partial charge in [-0.05, 0) is 22.9 Å². The number of piperidine rings is 1. The van der Waals surface area contributed by atoms with E-state index in [1.54, 1.807) is 12.1 Å². The number of fused-ring (bicyclic) bond motifs is 5. The van der Waals surface area contributed by atoms with Gasteiger partial charge in [0.2, 0.25) is 5.60 Å². The fourth-order valence-electron chi connectivity index (χ4n) is 4.83. The summed E-state index contributed by atoms with van der Waals surface area (Å²) in [5.74, 6) is -0.561. The molecular formula is C20H23NO7S2. The van der Waals surface area contributed by atoms with Crippen LogP contribution in [0.25, 0.3) is 0 Å². The Balaban J connectivity index is 0.000000503. The van der Waals surface area contributed by atoms with Gasteiger partial charge in [-0.3, -0.25) is 4.79 Å². The Morgan fingerprint density at radius 3 is 2.10 bits per heavy atom. The molecule has 3 aliphatic rings. The molecule has 0 radical (unpaired) electrons. The molecule has 3 saturated heterocycles. The molecule has 0 saturated carbocycles. The van der Waals surface area contributed by atoms with Crippen LogP contribution in [0.2, 0.25) is 0 Å². The summed E-state index contributed by atoms with van der Waals surface area (Å²) in [5.41, 5.74) is -1.72. The number of thiophene rings is 2. The normalized spacial score (nSPS) is 30.5. The van der Waals surface area contributed by atoms with Crippen molar-refractivity contribution in [1.82, 2.24) is 0 Å². The topological polar surface area (TPSA) is 108 Å². The van der Waals surface area contributed by atoms with Crippen molar-refractivity contribution in [3.8, 4) is 0 Å². The standard InChI is InChI=1S/C19H22NO4S2.CH2O3/c1-20(2)12-9-11(10-13(20)17-16(12)24-17)23-18(21)19(22,14-5-3-7-25-14)15-6-4-8-26-15;2-1-4-3/h3-8,11-13,16-17,22H,9-10H2,1-2H3;1,3H/q+1;/p-1. The largest absolute Gasteiger partial charge is 0.662 e. The highest BCUT2D eigenvalue weighted by atomic mass is 32.1. The summed E-state index contributed by atoms with van der Waals surface area (Å²) in [6.07, 6.45) is 2.05. The van der Waals surface area contributed by atoms with Crippen LogP contribution in [-0.4, -0.2) is 66.5 Å². The van der Waals surface area contributed by atoms with E-state index in [4.69, 9.17) is 19.5 Å². The number of carbonyl (C=O) groups excluding carboxylic acids is 2. The number of esters is 1. The quantitative estimate of drug-likeness (QED) is 0.178. The molecule has 3 fully saturated rings. The molecule has 1 N–H and O–H groups in total. The monoisotopic (exact) mass is 453 g/mol. The number of carbonyl (C=O) groups is 2. The highest BCUT2D eigenvalue weighted by Crippen LogP contribution is 2.52. The SMILES string of the molecule is C[N+]1(C)C2CC(OC(=O)C(O)(c3cccs3)c3cccs3)CC1C1OC12.O=CO[O-]. The van der Waals surface area contributed by atoms with Gasteiger partial charge in [0.15, 0.2) is 0 Å². The second-order valence-electron chi connectivity index (χ2n) is 8.19. The Kier molecular flexibility index (Phi) is 5.73. The number of likely N-dealkylation sites (N-methyl/N-ethyl adjacent to an activating group) is 1. The number of hydrogen-bond acceptors (Lipinski definition) is 9. The maximum Gasteiger partial charge on any atom is 0.349 e. The van der Waals surface area contributed by atoms with Crippen LogP contribution in [0, 0.1) is 0 Å². The van der Waals surface area contributed by atoms with Crippen molar-refractivity contribution in [2.24, 2.45) is 0 Å². The molecule has 2 aromatic rings. The van der Waals surface area contributed by atoms with Gasteiger partial charge in [-0.15, -0.1) is 22.7 Å². The third kappa shape index (κ3) is 3.47. The van der Waals surface area contributed by atoms with Crippen LogP contribution in [0.4, 0.5) is 0 Å². The highest BCUT2D eigenvalue weighted by molar-refractivity contribution is 7.12. The molecule has 0 amide bonds. The zero-order chi connectivity index (χ0) is 21.5. The lowest BCUT2D eigenvalue weighted by atomic mass is 9.95. The number of rotatable bonds is 5. The van der Waals surface area contributed by atoms with Gasteiger partial charge in [0.1, 0.15) is 30.4 Å². The highest BCUT2D eigenvalue weighted by Gasteiger charge is 2.71. The lowest BCUT2D eigenvalue weighted by Crippen LogP contribution is -2.60. The first kappa shape index (κ1) is 21.4. The van der Waals surface area contributed by atoms with Gasteiger partial charge in [0.05, 0.1) is 23.8 Å². The number of epoxide rings is 1. The van der Waals surface area contributed by atoms with Crippen molar-refractivity contribution in [1.29, 1.82) is 0 Å². The summed E-state index contributed by atoms with van der Waals surface area (Å²) in [7, 11) is 4.49. The Morgan fingerprint density at radius 1 is 1.20 bits per heavy atom. The zero-order valence-corrected chi connectivity index (χ0v) is 18.1. The smallest absolute Gasteiger partial charge is 0.349 e. The molecule has 0 aromatic carbocycles. The summed E-state index contributed by atoms with van der Waals surface area (Å²) >= 11 is 2.74. The van der Waals surface area contributed by atoms with E-state index in [0.717, 1.165) is 17.3 Å². The minimum Gasteiger partial charge on any atom is -0.662 e. The predicted molar refractivity (Wildman–Crippen MR) is 106 cm³/mol. The molecule has 4 unspecified atom stereocenters. The van der Waals surface area contributed by atoms with E-state index in [1.165, 1.54) is 22.7 Å². The minimum atomic E-state index is -1.72. The lowest BCUT2D eigenvalue weighted by Gasteiger charge is -2.45. The van der Waals surface area contributed by atoms with Gasteiger partial charge in [0.25, 0.3) is 6.47 Å². The Hall–Kier alpha value is -1.82. The van der Waals surface area contributed by atoms with E-state index in [9.17, 15) is 9.90 Å². The third-order valence-electron chi connectivity index (χ3n) is 6.40. The van der Waals surface area contributed by atoms with E-state index in [-0.39, 0.29) is 12.6 Å². The first-order chi connectivity index (χ1) is 14.3. The fourth-order valence-corrected chi connectivity index (χ4v) is 6.54. The summed E-state index contributed by atoms with van der Waals surface area (Å²) < 4.78 is 12.6. The van der Waals surface area contributed by atoms with Crippen molar-refractivity contribution in [3.05, 3.63) is 44.8 Å². The van der Waals surface area contributed by atoms with Crippen molar-refractivity contribution in [2.45, 2.75) is 48.8 Å². The lowest BCUT2D eigenvalue weighted by molar-refractivity contribution is -0.938. The molecule has 8 nitrogen and oxygen atoms in total. The second kappa shape index (κ2) is 8.03. The number of nitrogens with zero attached hydrogens (tertiary/aromatic N) is 1. The van der Waals surface area contributed by atoms with Crippen molar-refractivity contribution in [3.63, 3.8) is 0 Å². The first-order valence-electron chi connectivity index (χ1n) is 9.56. The Labute approximate surface area is 181 Å². The molecule has 5 rings (SSSR count). The molecule has 162 valence electrons. The van der Waals surface area contributed by atoms with Crippen molar-refractivity contribution in [2.75, 3.05) is 14.1 Å². The minimum absolute atomic E-state index is 0.161. The first-order valence-corrected chi connectivity index (χ1v) is 11.3. The number of ether oxygens (including phenoxy) is 2. The van der Waals surface area contributed by atoms with E-state index in [1.807, 2.05) is 22.9 Å². The average molecular weight is 454 g/mol. The fraction of sp³-hybridized carbons (Fsp3) is 0.500. The molecule has 5 heterocycles. The molecule has 3 aliphatic heterocycles. The van der Waals surface area contributed by atoms with Crippen molar-refractivity contribution >= 4 is 35.1 Å². The van der Waals surface area contributed by atoms with Crippen LogP contribution >= 0.6 is 22.7 Å². The Bertz CT molecular complexity index is 829. The maximum atomic E-state index is 13.1. The molecule has 0 spiro atoms. The van der Waals surface area contributed by atoms with Crippen LogP contribution in [0.5, 0.6) is 0 Å². The summed E-state index contributed by atoms with van der Waals surface area (Å²) in [6, 6.07) is 8.01. The van der Waals surface area contributed by atoms with E-state index >= 15 is 0 Å². The number of aliphatic hydroxyl groups is 1. The van der Waals surface area contributed by atoms with Gasteiger partial charge in [-0.1, -0.05) is 12.1 Å². The molecule has 10 heteroatoms. The van der Waals surface area contributed by atoms with Gasteiger partial charge >= 0.3 is 5.97 Å². The predicted octanol–water partition coefficient (Wildman–Crippen LogP) is 0.780. The van der Waals surface area contributed by atoms with Crippen LogP contribution in [0.3, 0.4) is 0 Å². The van der Waals surface area contributed by atoms with E-state index in [2.05, 4.69) is 19.0 Å². The van der Waals surface area contributed by atoms with Crippen LogP contribution in [-0.2, 0) is 29.6 Å². The molecule has 4 atom stereocenters. The van der Waals surface area contributed by atoms with Crippen LogP contribution in [0.1, 0.15) is 22.6 Å². The summed E-state index contributed by atoms with van der Waals surface area (Å²) in [6.45, 7) is -0.181. The Morgan fingerprint density at radius 2 is 1.70 bits per heavy atom. The second-order valence-corrected chi connectivity index (χ2v) is 10.1. The van der Waals surface area contributed by atoms with E-state index < -0.39 is 11.6 Å². The summed E-state index contributed by atoms with van der Waals surface area (Å²) in [5, 5.41) is 23.5. The molecule has 2 aromatic heterocycles. The van der Waals surface area contributed by atoms with Gasteiger partial charge < -0.3 is 29.2 Å². The number of hydrogen-bond donors (Lipinski definition) is 1. The number of quaternary nitrogens is 1. The summed E-state index contributed by atoms with van der Waals surface area (Å²) in [4.78, 5) is 25.6. The molecule has 30 heavy (non-hydrogen) atoms. The van der Waals surface area contributed by atoms with Crippen molar-refractivity contribution < 1.29 is 38.8 Å². The van der Waals surface area contributed by atoms with Gasteiger partial charge in [-0.2, -0.15) is 0 Å². The van der Waals surface area contributed by atoms with E-state index in [0.29, 0.717) is 34.0 Å². The maximum absolute atomic E-state index is 13.1. The van der Waals surface area contributed by atoms with Crippen LogP contribution in [0.15, 0.2) is 35.0 Å². The van der Waals surface area contributed by atoms with Crippen LogP contribution < -0.4 is 5.26 Å². The molecule has 0 aliphatic carbocycles. The zero-order valence-electron chi connectivity index (χ0n) is 16.5. The number of morpholine rings is 1. The third-order valence-corrected chi connectivity index (χ3v) is 8.36. The van der Waals surface area contributed by atoms with Gasteiger partial charge in [0, 0.05) is 12.8 Å². The average Bonchev–Trinajstić information content (AvgIpc) is 3.08.